The molecular weight excluding hydrogens is 224 g/mol. The second-order valence-corrected chi connectivity index (χ2v) is 4.57. The van der Waals surface area contributed by atoms with Crippen LogP contribution in [-0.4, -0.2) is 22.7 Å². The third-order valence-corrected chi connectivity index (χ3v) is 2.93. The van der Waals surface area contributed by atoms with Crippen LogP contribution in [0.3, 0.4) is 0 Å². The average molecular weight is 241 g/mol. The van der Waals surface area contributed by atoms with Gasteiger partial charge in [0.1, 0.15) is 11.0 Å². The van der Waals surface area contributed by atoms with Crippen molar-refractivity contribution in [3.05, 3.63) is 22.7 Å². The number of aromatic nitrogens is 2. The Balaban J connectivity index is 2.06. The molecule has 0 radical (unpaired) electrons. The molecule has 4 heteroatoms. The predicted octanol–water partition coefficient (Wildman–Crippen LogP) is 2.80. The predicted molar refractivity (Wildman–Crippen MR) is 63.7 cm³/mol. The normalized spacial score (nSPS) is 20.2. The van der Waals surface area contributed by atoms with Crippen LogP contribution in [0, 0.1) is 0 Å². The minimum absolute atomic E-state index is 0.285. The Morgan fingerprint density at radius 2 is 2.38 bits per heavy atom. The molecule has 1 aliphatic heterocycles. The summed E-state index contributed by atoms with van der Waals surface area (Å²) in [5, 5.41) is 0.548. The van der Waals surface area contributed by atoms with E-state index in [1.807, 2.05) is 6.07 Å². The van der Waals surface area contributed by atoms with E-state index in [0.29, 0.717) is 5.15 Å². The lowest BCUT2D eigenvalue weighted by molar-refractivity contribution is 0.110. The highest BCUT2D eigenvalue weighted by Crippen LogP contribution is 2.17. The second kappa shape index (κ2) is 5.60. The number of rotatable bonds is 4. The van der Waals surface area contributed by atoms with Gasteiger partial charge in [0.2, 0.25) is 0 Å². The Labute approximate surface area is 101 Å². The molecule has 0 spiro atoms. The SMILES string of the molecule is CCCc1cc(Cl)nc(CC2CCCO2)n1. The lowest BCUT2D eigenvalue weighted by Gasteiger charge is -2.09. The van der Waals surface area contributed by atoms with Gasteiger partial charge in [-0.05, 0) is 25.3 Å². The molecule has 88 valence electrons. The van der Waals surface area contributed by atoms with Crippen molar-refractivity contribution in [3.8, 4) is 0 Å². The third-order valence-electron chi connectivity index (χ3n) is 2.73. The zero-order chi connectivity index (χ0) is 11.4. The molecule has 2 heterocycles. The molecule has 0 N–H and O–H groups in total. The Bertz CT molecular complexity index is 351. The summed E-state index contributed by atoms with van der Waals surface area (Å²) in [6.45, 7) is 3.00. The maximum absolute atomic E-state index is 5.98. The smallest absolute Gasteiger partial charge is 0.133 e. The standard InChI is InChI=1S/C12H17ClN2O/c1-2-4-9-7-11(13)15-12(14-9)8-10-5-3-6-16-10/h7,10H,2-6,8H2,1H3. The third kappa shape index (κ3) is 3.16. The molecule has 1 aromatic rings. The van der Waals surface area contributed by atoms with Crippen LogP contribution >= 0.6 is 11.6 Å². The molecule has 1 saturated heterocycles. The minimum Gasteiger partial charge on any atom is -0.378 e. The van der Waals surface area contributed by atoms with E-state index < -0.39 is 0 Å². The number of nitrogens with zero attached hydrogens (tertiary/aromatic N) is 2. The molecule has 0 amide bonds. The molecule has 1 atom stereocenters. The van der Waals surface area contributed by atoms with Crippen molar-refractivity contribution in [2.24, 2.45) is 0 Å². The van der Waals surface area contributed by atoms with E-state index in [9.17, 15) is 0 Å². The van der Waals surface area contributed by atoms with Crippen molar-refractivity contribution in [3.63, 3.8) is 0 Å². The number of ether oxygens (including phenoxy) is 1. The number of hydrogen-bond donors (Lipinski definition) is 0. The van der Waals surface area contributed by atoms with E-state index >= 15 is 0 Å². The van der Waals surface area contributed by atoms with Gasteiger partial charge in [-0.2, -0.15) is 0 Å². The highest BCUT2D eigenvalue weighted by Gasteiger charge is 2.17. The topological polar surface area (TPSA) is 35.0 Å². The molecule has 1 unspecified atom stereocenters. The summed E-state index contributed by atoms with van der Waals surface area (Å²) >= 11 is 5.98. The van der Waals surface area contributed by atoms with Gasteiger partial charge in [0.15, 0.2) is 0 Å². The van der Waals surface area contributed by atoms with Crippen LogP contribution in [0.25, 0.3) is 0 Å². The van der Waals surface area contributed by atoms with Crippen molar-refractivity contribution in [2.75, 3.05) is 6.61 Å². The molecule has 0 aromatic carbocycles. The molecule has 0 aliphatic carbocycles. The lowest BCUT2D eigenvalue weighted by Crippen LogP contribution is -2.12. The first-order valence-corrected chi connectivity index (χ1v) is 6.29. The maximum atomic E-state index is 5.98. The summed E-state index contributed by atoms with van der Waals surface area (Å²) in [4.78, 5) is 8.77. The number of halogens is 1. The zero-order valence-electron chi connectivity index (χ0n) is 9.58. The fraction of sp³-hybridized carbons (Fsp3) is 0.667. The fourth-order valence-electron chi connectivity index (χ4n) is 2.00. The second-order valence-electron chi connectivity index (χ2n) is 4.19. The molecular formula is C12H17ClN2O. The lowest BCUT2D eigenvalue weighted by atomic mass is 10.1. The van der Waals surface area contributed by atoms with Crippen LogP contribution in [-0.2, 0) is 17.6 Å². The van der Waals surface area contributed by atoms with Gasteiger partial charge >= 0.3 is 0 Å². The van der Waals surface area contributed by atoms with Crippen LogP contribution in [0.5, 0.6) is 0 Å². The fourth-order valence-corrected chi connectivity index (χ4v) is 2.22. The Hall–Kier alpha value is -0.670. The highest BCUT2D eigenvalue weighted by atomic mass is 35.5. The first-order chi connectivity index (χ1) is 7.78. The van der Waals surface area contributed by atoms with Crippen LogP contribution in [0.1, 0.15) is 37.7 Å². The zero-order valence-corrected chi connectivity index (χ0v) is 10.3. The molecule has 2 rings (SSSR count). The first-order valence-electron chi connectivity index (χ1n) is 5.92. The summed E-state index contributed by atoms with van der Waals surface area (Å²) in [6.07, 6.45) is 5.37. The molecule has 1 aromatic heterocycles. The van der Waals surface area contributed by atoms with Gasteiger partial charge in [-0.25, -0.2) is 9.97 Å². The Kier molecular flexibility index (Phi) is 4.13. The minimum atomic E-state index is 0.285. The summed E-state index contributed by atoms with van der Waals surface area (Å²) in [7, 11) is 0. The van der Waals surface area contributed by atoms with Gasteiger partial charge in [-0.15, -0.1) is 0 Å². The van der Waals surface area contributed by atoms with Crippen LogP contribution in [0.4, 0.5) is 0 Å². The van der Waals surface area contributed by atoms with Crippen molar-refractivity contribution >= 4 is 11.6 Å². The van der Waals surface area contributed by atoms with Crippen molar-refractivity contribution in [2.45, 2.75) is 45.1 Å². The summed E-state index contributed by atoms with van der Waals surface area (Å²) < 4.78 is 5.57. The van der Waals surface area contributed by atoms with Crippen LogP contribution in [0.2, 0.25) is 5.15 Å². The maximum Gasteiger partial charge on any atom is 0.133 e. The molecule has 1 fully saturated rings. The van der Waals surface area contributed by atoms with E-state index in [0.717, 1.165) is 50.2 Å². The van der Waals surface area contributed by atoms with Crippen LogP contribution in [0.15, 0.2) is 6.07 Å². The summed E-state index contributed by atoms with van der Waals surface area (Å²) in [6, 6.07) is 1.85. The van der Waals surface area contributed by atoms with Gasteiger partial charge in [0, 0.05) is 18.7 Å². The van der Waals surface area contributed by atoms with Gasteiger partial charge < -0.3 is 4.74 Å². The van der Waals surface area contributed by atoms with Gasteiger partial charge in [0.25, 0.3) is 0 Å². The van der Waals surface area contributed by atoms with E-state index in [1.165, 1.54) is 0 Å². The quantitative estimate of drug-likeness (QED) is 0.760. The first kappa shape index (κ1) is 11.8. The van der Waals surface area contributed by atoms with E-state index in [1.54, 1.807) is 0 Å². The van der Waals surface area contributed by atoms with Gasteiger partial charge in [-0.1, -0.05) is 24.9 Å². The van der Waals surface area contributed by atoms with E-state index in [4.69, 9.17) is 16.3 Å². The van der Waals surface area contributed by atoms with E-state index in [-0.39, 0.29) is 6.10 Å². The Morgan fingerprint density at radius 3 is 3.06 bits per heavy atom. The number of aryl methyl sites for hydroxylation is 1. The number of hydrogen-bond acceptors (Lipinski definition) is 3. The van der Waals surface area contributed by atoms with Crippen molar-refractivity contribution in [1.82, 2.24) is 9.97 Å². The Morgan fingerprint density at radius 1 is 1.50 bits per heavy atom. The van der Waals surface area contributed by atoms with E-state index in [2.05, 4.69) is 16.9 Å². The van der Waals surface area contributed by atoms with Crippen molar-refractivity contribution in [1.29, 1.82) is 0 Å². The highest BCUT2D eigenvalue weighted by molar-refractivity contribution is 6.29. The van der Waals surface area contributed by atoms with Gasteiger partial charge in [-0.3, -0.25) is 0 Å². The van der Waals surface area contributed by atoms with Crippen molar-refractivity contribution < 1.29 is 4.74 Å². The molecule has 0 saturated carbocycles. The molecule has 16 heavy (non-hydrogen) atoms. The van der Waals surface area contributed by atoms with Crippen LogP contribution < -0.4 is 0 Å². The molecule has 1 aliphatic rings. The summed E-state index contributed by atoms with van der Waals surface area (Å²) in [5.74, 6) is 0.822. The molecule has 0 bridgehead atoms. The largest absolute Gasteiger partial charge is 0.378 e. The monoisotopic (exact) mass is 240 g/mol. The average Bonchev–Trinajstić information content (AvgIpc) is 2.70. The molecule has 3 nitrogen and oxygen atoms in total. The van der Waals surface area contributed by atoms with Gasteiger partial charge in [0.05, 0.1) is 6.10 Å². The summed E-state index contributed by atoms with van der Waals surface area (Å²) in [5.41, 5.74) is 1.04.